The minimum absolute atomic E-state index is 0.273. The number of aromatic nitrogens is 1. The maximum absolute atomic E-state index is 13.4. The Bertz CT molecular complexity index is 948. The number of aliphatic imine (C=N–C) groups is 2. The van der Waals surface area contributed by atoms with Crippen LogP contribution in [0.2, 0.25) is 0 Å². The van der Waals surface area contributed by atoms with E-state index >= 15 is 0 Å². The second-order valence-electron chi connectivity index (χ2n) is 6.89. The zero-order valence-corrected chi connectivity index (χ0v) is 15.3. The average Bonchev–Trinajstić information content (AvgIpc) is 3.42. The van der Waals surface area contributed by atoms with E-state index in [0.29, 0.717) is 30.3 Å². The number of carbonyl (C=O) groups is 1. The number of hydrogen-bond donors (Lipinski definition) is 1. The first kappa shape index (κ1) is 19.2. The summed E-state index contributed by atoms with van der Waals surface area (Å²) in [5, 5.41) is 1.31. The fourth-order valence-corrected chi connectivity index (χ4v) is 2.77. The zero-order chi connectivity index (χ0) is 20.4. The fraction of sp³-hybridized carbons (Fsp3) is 0.368. The van der Waals surface area contributed by atoms with E-state index in [2.05, 4.69) is 20.4 Å². The van der Waals surface area contributed by atoms with Gasteiger partial charge in [0, 0.05) is 25.1 Å². The molecule has 0 bridgehead atoms. The van der Waals surface area contributed by atoms with Crippen LogP contribution in [0.3, 0.4) is 0 Å². The van der Waals surface area contributed by atoms with Gasteiger partial charge in [-0.15, -0.1) is 0 Å². The molecule has 1 saturated carbocycles. The third-order valence-electron chi connectivity index (χ3n) is 4.52. The molecule has 0 spiro atoms. The Morgan fingerprint density at radius 1 is 1.28 bits per heavy atom. The summed E-state index contributed by atoms with van der Waals surface area (Å²) in [5.41, 5.74) is 1.90. The molecule has 0 unspecified atom stereocenters. The summed E-state index contributed by atoms with van der Waals surface area (Å²) in [7, 11) is 0. The molecule has 0 atom stereocenters. The number of halogens is 3. The monoisotopic (exact) mass is 405 g/mol. The van der Waals surface area contributed by atoms with Crippen LogP contribution in [0.25, 0.3) is 11.5 Å². The Morgan fingerprint density at radius 3 is 2.66 bits per heavy atom. The van der Waals surface area contributed by atoms with Gasteiger partial charge in [0.25, 0.3) is 5.91 Å². The largest absolute Gasteiger partial charge is 0.452 e. The molecule has 1 aliphatic carbocycles. The van der Waals surface area contributed by atoms with Crippen molar-refractivity contribution in [2.24, 2.45) is 15.9 Å². The van der Waals surface area contributed by atoms with Crippen molar-refractivity contribution in [2.75, 3.05) is 13.1 Å². The van der Waals surface area contributed by atoms with E-state index in [1.165, 1.54) is 24.2 Å². The van der Waals surface area contributed by atoms with Crippen molar-refractivity contribution in [3.8, 4) is 11.5 Å². The molecule has 1 aromatic carbocycles. The highest BCUT2D eigenvalue weighted by atomic mass is 19.4. The number of rotatable bonds is 5. The zero-order valence-electron chi connectivity index (χ0n) is 15.3. The van der Waals surface area contributed by atoms with E-state index in [1.807, 2.05) is 0 Å². The van der Waals surface area contributed by atoms with E-state index in [0.717, 1.165) is 6.54 Å². The minimum atomic E-state index is -4.86. The highest BCUT2D eigenvalue weighted by Gasteiger charge is 2.42. The Hall–Kier alpha value is -3.17. The first-order chi connectivity index (χ1) is 13.9. The van der Waals surface area contributed by atoms with E-state index < -0.39 is 23.5 Å². The summed E-state index contributed by atoms with van der Waals surface area (Å²) >= 11 is 0. The van der Waals surface area contributed by atoms with Gasteiger partial charge in [0.05, 0.1) is 0 Å². The lowest BCUT2D eigenvalue weighted by Gasteiger charge is -2.23. The smallest absolute Gasteiger partial charge is 0.431 e. The molecule has 2 heterocycles. The highest BCUT2D eigenvalue weighted by Crippen LogP contribution is 2.35. The Labute approximate surface area is 164 Å². The molecule has 4 rings (SSSR count). The number of alkyl halides is 3. The van der Waals surface area contributed by atoms with Crippen LogP contribution in [-0.4, -0.2) is 41.2 Å². The predicted octanol–water partition coefficient (Wildman–Crippen LogP) is 3.55. The fourth-order valence-electron chi connectivity index (χ4n) is 2.77. The Balaban J connectivity index is 1.50. The lowest BCUT2D eigenvalue weighted by molar-refractivity contribution is -0.153. The summed E-state index contributed by atoms with van der Waals surface area (Å²) in [6.45, 7) is 1.10. The molecule has 10 heteroatoms. The number of oxazole rings is 1. The van der Waals surface area contributed by atoms with Gasteiger partial charge in [0.2, 0.25) is 11.7 Å². The molecule has 0 saturated heterocycles. The summed E-state index contributed by atoms with van der Waals surface area (Å²) in [6.07, 6.45) is -0.645. The standard InChI is InChI=1S/C19H18F3N5O2/c20-19(21,22)16-15(25-18(29-16)13-4-2-1-3-5-13)17(28)26-27-9-8-14(24-11-27)23-10-12-6-7-12/h1-5,11-12H,6-10H2,(H,26,28). The van der Waals surface area contributed by atoms with Crippen LogP contribution < -0.4 is 5.43 Å². The molecule has 152 valence electrons. The number of amidine groups is 1. The van der Waals surface area contributed by atoms with Crippen molar-refractivity contribution in [2.45, 2.75) is 25.4 Å². The van der Waals surface area contributed by atoms with Crippen LogP contribution in [0.15, 0.2) is 44.7 Å². The summed E-state index contributed by atoms with van der Waals surface area (Å²) in [5.74, 6) is -1.42. The van der Waals surface area contributed by atoms with Gasteiger partial charge in [-0.1, -0.05) is 18.2 Å². The molecule has 1 amide bonds. The van der Waals surface area contributed by atoms with E-state index in [1.54, 1.807) is 30.3 Å². The van der Waals surface area contributed by atoms with Gasteiger partial charge in [0.1, 0.15) is 12.2 Å². The van der Waals surface area contributed by atoms with Gasteiger partial charge in [-0.3, -0.25) is 20.2 Å². The number of hydrazine groups is 1. The molecule has 0 radical (unpaired) electrons. The van der Waals surface area contributed by atoms with Crippen LogP contribution in [0.1, 0.15) is 35.5 Å². The molecule has 1 aromatic heterocycles. The van der Waals surface area contributed by atoms with Crippen LogP contribution in [0, 0.1) is 5.92 Å². The van der Waals surface area contributed by atoms with Gasteiger partial charge in [-0.2, -0.15) is 13.2 Å². The molecule has 7 nitrogen and oxygen atoms in total. The van der Waals surface area contributed by atoms with Crippen molar-refractivity contribution in [1.82, 2.24) is 15.4 Å². The van der Waals surface area contributed by atoms with Crippen molar-refractivity contribution in [3.05, 3.63) is 41.8 Å². The molecular formula is C19H18F3N5O2. The highest BCUT2D eigenvalue weighted by molar-refractivity contribution is 5.96. The molecule has 1 aliphatic heterocycles. The van der Waals surface area contributed by atoms with Gasteiger partial charge < -0.3 is 4.42 Å². The lowest BCUT2D eigenvalue weighted by Crippen LogP contribution is -2.44. The number of nitrogens with one attached hydrogen (secondary N) is 1. The molecule has 2 aliphatic rings. The normalized spacial score (nSPS) is 18.3. The first-order valence-electron chi connectivity index (χ1n) is 9.19. The Morgan fingerprint density at radius 2 is 2.03 bits per heavy atom. The van der Waals surface area contributed by atoms with Crippen molar-refractivity contribution < 1.29 is 22.4 Å². The van der Waals surface area contributed by atoms with Crippen LogP contribution >= 0.6 is 0 Å². The van der Waals surface area contributed by atoms with Gasteiger partial charge >= 0.3 is 6.18 Å². The number of nitrogens with zero attached hydrogens (tertiary/aromatic N) is 4. The molecule has 1 fully saturated rings. The third-order valence-corrected chi connectivity index (χ3v) is 4.52. The van der Waals surface area contributed by atoms with Crippen LogP contribution in [0.5, 0.6) is 0 Å². The van der Waals surface area contributed by atoms with E-state index in [9.17, 15) is 18.0 Å². The molecule has 29 heavy (non-hydrogen) atoms. The second kappa shape index (κ2) is 7.69. The SMILES string of the molecule is O=C(NN1C=NC(=NCC2CC2)CC1)c1nc(-c2ccccc2)oc1C(F)(F)F. The maximum Gasteiger partial charge on any atom is 0.452 e. The van der Waals surface area contributed by atoms with Gasteiger partial charge in [-0.25, -0.2) is 9.98 Å². The topological polar surface area (TPSA) is 83.1 Å². The maximum atomic E-state index is 13.4. The number of carbonyl (C=O) groups excluding carboxylic acids is 1. The molecule has 1 N–H and O–H groups in total. The summed E-state index contributed by atoms with van der Waals surface area (Å²) < 4.78 is 44.9. The second-order valence-corrected chi connectivity index (χ2v) is 6.89. The van der Waals surface area contributed by atoms with E-state index in [4.69, 9.17) is 4.42 Å². The molecule has 2 aromatic rings. The Kier molecular flexibility index (Phi) is 5.08. The van der Waals surface area contributed by atoms with Gasteiger partial charge in [-0.05, 0) is 30.9 Å². The number of hydrogen-bond acceptors (Lipinski definition) is 5. The quantitative estimate of drug-likeness (QED) is 0.825. The lowest BCUT2D eigenvalue weighted by atomic mass is 10.2. The van der Waals surface area contributed by atoms with Crippen molar-refractivity contribution in [3.63, 3.8) is 0 Å². The van der Waals surface area contributed by atoms with Crippen LogP contribution in [0.4, 0.5) is 13.2 Å². The summed E-state index contributed by atoms with van der Waals surface area (Å²) in [6, 6.07) is 8.09. The summed E-state index contributed by atoms with van der Waals surface area (Å²) in [4.78, 5) is 24.8. The molecular weight excluding hydrogens is 387 g/mol. The minimum Gasteiger partial charge on any atom is -0.431 e. The van der Waals surface area contributed by atoms with Crippen molar-refractivity contribution in [1.29, 1.82) is 0 Å². The van der Waals surface area contributed by atoms with Crippen LogP contribution in [-0.2, 0) is 6.18 Å². The third kappa shape index (κ3) is 4.64. The predicted molar refractivity (Wildman–Crippen MR) is 99.2 cm³/mol. The number of amides is 1. The van der Waals surface area contributed by atoms with Crippen molar-refractivity contribution >= 4 is 18.1 Å². The number of benzene rings is 1. The van der Waals surface area contributed by atoms with Gasteiger partial charge in [0.15, 0.2) is 5.69 Å². The van der Waals surface area contributed by atoms with E-state index in [-0.39, 0.29) is 5.89 Å². The average molecular weight is 405 g/mol. The first-order valence-corrected chi connectivity index (χ1v) is 9.19.